The van der Waals surface area contributed by atoms with E-state index in [2.05, 4.69) is 4.74 Å². The zero-order valence-electron chi connectivity index (χ0n) is 10.2. The summed E-state index contributed by atoms with van der Waals surface area (Å²) in [7, 11) is 1.35. The van der Waals surface area contributed by atoms with Gasteiger partial charge in [0, 0.05) is 18.5 Å². The molecule has 0 saturated carbocycles. The molecule has 4 nitrogen and oxygen atoms in total. The summed E-state index contributed by atoms with van der Waals surface area (Å²) < 4.78 is 4.54. The maximum atomic E-state index is 11.8. The van der Waals surface area contributed by atoms with Crippen molar-refractivity contribution in [2.24, 2.45) is 5.92 Å². The first-order valence-corrected chi connectivity index (χ1v) is 5.27. The Balaban J connectivity index is 4.29. The van der Waals surface area contributed by atoms with Gasteiger partial charge in [-0.2, -0.15) is 0 Å². The van der Waals surface area contributed by atoms with Crippen molar-refractivity contribution in [2.45, 2.75) is 40.2 Å². The number of nitrogens with zero attached hydrogens (tertiary/aromatic N) is 1. The first-order chi connectivity index (χ1) is 6.90. The zero-order chi connectivity index (χ0) is 12.0. The summed E-state index contributed by atoms with van der Waals surface area (Å²) in [6.45, 7) is 8.03. The first-order valence-electron chi connectivity index (χ1n) is 5.27. The molecular weight excluding hydrogens is 194 g/mol. The van der Waals surface area contributed by atoms with Crippen molar-refractivity contribution >= 4 is 11.9 Å². The molecule has 0 rings (SSSR count). The normalized spacial score (nSPS) is 10.6. The van der Waals surface area contributed by atoms with Crippen LogP contribution in [0.4, 0.5) is 0 Å². The van der Waals surface area contributed by atoms with Gasteiger partial charge in [-0.3, -0.25) is 9.59 Å². The number of hydrogen-bond acceptors (Lipinski definition) is 3. The molecule has 0 radical (unpaired) electrons. The molecule has 0 bridgehead atoms. The van der Waals surface area contributed by atoms with Gasteiger partial charge in [0.05, 0.1) is 13.5 Å². The molecule has 88 valence electrons. The fraction of sp³-hybridized carbons (Fsp3) is 0.818. The van der Waals surface area contributed by atoms with Gasteiger partial charge in [0.25, 0.3) is 0 Å². The maximum Gasteiger partial charge on any atom is 0.307 e. The third kappa shape index (κ3) is 4.81. The molecule has 0 spiro atoms. The quantitative estimate of drug-likeness (QED) is 0.652. The van der Waals surface area contributed by atoms with E-state index < -0.39 is 0 Å². The molecule has 1 amide bonds. The molecule has 0 N–H and O–H groups in total. The van der Waals surface area contributed by atoms with Crippen molar-refractivity contribution in [3.63, 3.8) is 0 Å². The van der Waals surface area contributed by atoms with Crippen LogP contribution < -0.4 is 0 Å². The van der Waals surface area contributed by atoms with Gasteiger partial charge in [0.2, 0.25) is 5.91 Å². The second-order valence-corrected chi connectivity index (χ2v) is 4.11. The number of methoxy groups -OCH3 is 1. The molecule has 4 heteroatoms. The molecule has 0 saturated heterocycles. The minimum absolute atomic E-state index is 0.0370. The number of ether oxygens (including phenoxy) is 1. The summed E-state index contributed by atoms with van der Waals surface area (Å²) in [6.07, 6.45) is 0.257. The van der Waals surface area contributed by atoms with Gasteiger partial charge in [-0.1, -0.05) is 13.8 Å². The fourth-order valence-electron chi connectivity index (χ4n) is 1.27. The van der Waals surface area contributed by atoms with Crippen LogP contribution in [0.2, 0.25) is 0 Å². The lowest BCUT2D eigenvalue weighted by Gasteiger charge is -2.28. The van der Waals surface area contributed by atoms with Crippen LogP contribution in [0.15, 0.2) is 0 Å². The van der Waals surface area contributed by atoms with Gasteiger partial charge in [0.1, 0.15) is 0 Å². The standard InChI is InChI=1S/C11H21NO3/c1-8(2)11(14)12(9(3)4)7-6-10(13)15-5/h8-9H,6-7H2,1-5H3. The van der Waals surface area contributed by atoms with Crippen molar-refractivity contribution in [3.8, 4) is 0 Å². The van der Waals surface area contributed by atoms with Crippen LogP contribution >= 0.6 is 0 Å². The molecule has 0 aromatic heterocycles. The summed E-state index contributed by atoms with van der Waals surface area (Å²) in [5, 5.41) is 0. The highest BCUT2D eigenvalue weighted by molar-refractivity contribution is 5.79. The van der Waals surface area contributed by atoms with E-state index >= 15 is 0 Å². The maximum absolute atomic E-state index is 11.8. The van der Waals surface area contributed by atoms with Gasteiger partial charge < -0.3 is 9.64 Å². The van der Waals surface area contributed by atoms with Crippen molar-refractivity contribution in [1.29, 1.82) is 0 Å². The monoisotopic (exact) mass is 215 g/mol. The lowest BCUT2D eigenvalue weighted by atomic mass is 10.1. The number of esters is 1. The number of rotatable bonds is 5. The SMILES string of the molecule is COC(=O)CCN(C(=O)C(C)C)C(C)C. The molecule has 0 aliphatic heterocycles. The van der Waals surface area contributed by atoms with Crippen LogP contribution in [0.3, 0.4) is 0 Å². The molecule has 0 aliphatic carbocycles. The van der Waals surface area contributed by atoms with Crippen molar-refractivity contribution in [2.75, 3.05) is 13.7 Å². The van der Waals surface area contributed by atoms with Crippen LogP contribution in [-0.2, 0) is 14.3 Å². The Morgan fingerprint density at radius 1 is 1.20 bits per heavy atom. The van der Waals surface area contributed by atoms with E-state index in [-0.39, 0.29) is 30.3 Å². The van der Waals surface area contributed by atoms with Crippen molar-refractivity contribution in [1.82, 2.24) is 4.90 Å². The third-order valence-corrected chi connectivity index (χ3v) is 2.18. The molecule has 0 fully saturated rings. The van der Waals surface area contributed by atoms with Gasteiger partial charge in [0.15, 0.2) is 0 Å². The van der Waals surface area contributed by atoms with Crippen LogP contribution in [0.25, 0.3) is 0 Å². The first kappa shape index (κ1) is 13.9. The molecule has 0 aromatic carbocycles. The number of amides is 1. The predicted molar refractivity (Wildman–Crippen MR) is 58.3 cm³/mol. The highest BCUT2D eigenvalue weighted by atomic mass is 16.5. The second-order valence-electron chi connectivity index (χ2n) is 4.11. The van der Waals surface area contributed by atoms with Gasteiger partial charge in [-0.15, -0.1) is 0 Å². The number of carbonyl (C=O) groups is 2. The number of carbonyl (C=O) groups excluding carboxylic acids is 2. The van der Waals surface area contributed by atoms with E-state index in [9.17, 15) is 9.59 Å². The van der Waals surface area contributed by atoms with Gasteiger partial charge in [-0.25, -0.2) is 0 Å². The summed E-state index contributed by atoms with van der Waals surface area (Å²) in [5.41, 5.74) is 0. The second kappa shape index (κ2) is 6.43. The average molecular weight is 215 g/mol. The summed E-state index contributed by atoms with van der Waals surface area (Å²) in [4.78, 5) is 24.4. The largest absolute Gasteiger partial charge is 0.469 e. The van der Waals surface area contributed by atoms with Crippen molar-refractivity contribution < 1.29 is 14.3 Å². The van der Waals surface area contributed by atoms with Gasteiger partial charge >= 0.3 is 5.97 Å². The highest BCUT2D eigenvalue weighted by Crippen LogP contribution is 2.07. The highest BCUT2D eigenvalue weighted by Gasteiger charge is 2.20. The van der Waals surface area contributed by atoms with Gasteiger partial charge in [-0.05, 0) is 13.8 Å². The van der Waals surface area contributed by atoms with Crippen LogP contribution in [0.1, 0.15) is 34.1 Å². The zero-order valence-corrected chi connectivity index (χ0v) is 10.2. The molecule has 0 heterocycles. The van der Waals surface area contributed by atoms with E-state index in [1.165, 1.54) is 7.11 Å². The summed E-state index contributed by atoms with van der Waals surface area (Å²) >= 11 is 0. The topological polar surface area (TPSA) is 46.6 Å². The molecule has 0 atom stereocenters. The predicted octanol–water partition coefficient (Wildman–Crippen LogP) is 1.44. The Hall–Kier alpha value is -1.06. The molecule has 15 heavy (non-hydrogen) atoms. The Kier molecular flexibility index (Phi) is 5.97. The van der Waals surface area contributed by atoms with E-state index in [4.69, 9.17) is 0 Å². The van der Waals surface area contributed by atoms with Crippen LogP contribution in [0, 0.1) is 5.92 Å². The lowest BCUT2D eigenvalue weighted by molar-refractivity contribution is -0.142. The van der Waals surface area contributed by atoms with Crippen molar-refractivity contribution in [3.05, 3.63) is 0 Å². The smallest absolute Gasteiger partial charge is 0.307 e. The minimum Gasteiger partial charge on any atom is -0.469 e. The van der Waals surface area contributed by atoms with E-state index in [1.54, 1.807) is 4.90 Å². The van der Waals surface area contributed by atoms with E-state index in [1.807, 2.05) is 27.7 Å². The molecular formula is C11H21NO3. The summed E-state index contributed by atoms with van der Waals surface area (Å²) in [6, 6.07) is 0.115. The molecule has 0 aromatic rings. The Bertz CT molecular complexity index is 224. The average Bonchev–Trinajstić information content (AvgIpc) is 2.16. The van der Waals surface area contributed by atoms with Crippen LogP contribution in [-0.4, -0.2) is 36.5 Å². The number of hydrogen-bond donors (Lipinski definition) is 0. The minimum atomic E-state index is -0.280. The summed E-state index contributed by atoms with van der Waals surface area (Å²) in [5.74, 6) is -0.240. The molecule has 0 unspecified atom stereocenters. The Labute approximate surface area is 91.6 Å². The molecule has 0 aliphatic rings. The van der Waals surface area contributed by atoms with E-state index in [0.717, 1.165) is 0 Å². The lowest BCUT2D eigenvalue weighted by Crippen LogP contribution is -2.40. The van der Waals surface area contributed by atoms with E-state index in [0.29, 0.717) is 6.54 Å². The fourth-order valence-corrected chi connectivity index (χ4v) is 1.27. The third-order valence-electron chi connectivity index (χ3n) is 2.18. The Morgan fingerprint density at radius 3 is 2.07 bits per heavy atom. The Morgan fingerprint density at radius 2 is 1.73 bits per heavy atom. The van der Waals surface area contributed by atoms with Crippen LogP contribution in [0.5, 0.6) is 0 Å².